The van der Waals surface area contributed by atoms with E-state index in [1.165, 1.54) is 12.1 Å². The lowest BCUT2D eigenvalue weighted by molar-refractivity contribution is -0.138. The molecule has 3 aromatic carbocycles. The zero-order chi connectivity index (χ0) is 33.9. The minimum absolute atomic E-state index is 0.200. The van der Waals surface area contributed by atoms with Gasteiger partial charge in [-0.25, -0.2) is 14.4 Å². The van der Waals surface area contributed by atoms with Crippen molar-refractivity contribution in [1.29, 1.82) is 0 Å². The van der Waals surface area contributed by atoms with Gasteiger partial charge in [0.25, 0.3) is 5.91 Å². The molecule has 0 bridgehead atoms. The Morgan fingerprint density at radius 3 is 1.57 bits per heavy atom. The van der Waals surface area contributed by atoms with Gasteiger partial charge in [0, 0.05) is 23.8 Å². The van der Waals surface area contributed by atoms with Gasteiger partial charge in [-0.3, -0.25) is 4.79 Å². The first-order valence-corrected chi connectivity index (χ1v) is 15.5. The van der Waals surface area contributed by atoms with Crippen molar-refractivity contribution >= 4 is 41.1 Å². The molecule has 248 valence electrons. The third kappa shape index (κ3) is 13.4. The van der Waals surface area contributed by atoms with Crippen LogP contribution in [0.4, 0.5) is 5.69 Å². The van der Waals surface area contributed by atoms with Crippen molar-refractivity contribution in [2.24, 2.45) is 0 Å². The highest BCUT2D eigenvalue weighted by Crippen LogP contribution is 2.28. The Morgan fingerprint density at radius 1 is 0.617 bits per heavy atom. The van der Waals surface area contributed by atoms with E-state index >= 15 is 0 Å². The molecule has 0 saturated carbocycles. The van der Waals surface area contributed by atoms with Crippen molar-refractivity contribution in [2.45, 2.75) is 38.5 Å². The molecule has 0 spiro atoms. The fraction of sp³-hybridized carbons (Fsp3) is 0.278. The van der Waals surface area contributed by atoms with Crippen LogP contribution in [0.3, 0.4) is 0 Å². The van der Waals surface area contributed by atoms with E-state index in [4.69, 9.17) is 35.3 Å². The van der Waals surface area contributed by atoms with E-state index in [0.717, 1.165) is 50.7 Å². The highest BCUT2D eigenvalue weighted by atomic mass is 35.5. The number of rotatable bonds is 20. The molecule has 47 heavy (non-hydrogen) atoms. The molecule has 0 aliphatic carbocycles. The van der Waals surface area contributed by atoms with Crippen LogP contribution in [0.1, 0.15) is 59.2 Å². The highest BCUT2D eigenvalue weighted by Gasteiger charge is 2.13. The summed E-state index contributed by atoms with van der Waals surface area (Å²) in [7, 11) is 0. The number of amides is 1. The summed E-state index contributed by atoms with van der Waals surface area (Å²) >= 11 is 6.37. The van der Waals surface area contributed by atoms with Gasteiger partial charge < -0.3 is 29.0 Å². The molecule has 0 heterocycles. The number of unbranched alkanes of at least 4 members (excludes halogenated alkanes) is 4. The fourth-order valence-electron chi connectivity index (χ4n) is 4.02. The number of halogens is 1. The molecule has 0 atom stereocenters. The summed E-state index contributed by atoms with van der Waals surface area (Å²) in [5, 5.41) is 2.95. The van der Waals surface area contributed by atoms with E-state index in [2.05, 4.69) is 18.5 Å². The quantitative estimate of drug-likeness (QED) is 0.0571. The lowest BCUT2D eigenvalue weighted by Crippen LogP contribution is -2.12. The van der Waals surface area contributed by atoms with Gasteiger partial charge in [0.2, 0.25) is 0 Å². The first-order chi connectivity index (χ1) is 22.8. The first kappa shape index (κ1) is 36.4. The third-order valence-corrected chi connectivity index (χ3v) is 6.86. The van der Waals surface area contributed by atoms with Gasteiger partial charge in [-0.05, 0) is 99.2 Å². The molecule has 10 nitrogen and oxygen atoms in total. The highest BCUT2D eigenvalue weighted by molar-refractivity contribution is 6.34. The summed E-state index contributed by atoms with van der Waals surface area (Å²) in [4.78, 5) is 47.4. The molecule has 0 unspecified atom stereocenters. The SMILES string of the molecule is C=CC(=O)OCCCCCOc1ccc(C(=O)Nc2ccc(OC(=O)c3ccc(OCCCCCOC(=O)C=C)cc3)cc2Cl)cc1. The Kier molecular flexibility index (Phi) is 15.6. The van der Waals surface area contributed by atoms with Gasteiger partial charge in [-0.1, -0.05) is 24.8 Å². The standard InChI is InChI=1S/C36H38ClNO9/c1-3-33(39)45-23-9-5-7-21-43-28-15-11-26(12-16-28)35(41)38-32-20-19-30(25-31(32)37)47-36(42)27-13-17-29(18-14-27)44-22-8-6-10-24-46-34(40)4-2/h3-4,11-20,25H,1-2,5-10,21-24H2,(H,38,41). The Labute approximate surface area is 279 Å². The summed E-state index contributed by atoms with van der Waals surface area (Å²) in [6, 6.07) is 17.8. The van der Waals surface area contributed by atoms with Crippen molar-refractivity contribution in [1.82, 2.24) is 0 Å². The minimum atomic E-state index is -0.574. The Hall–Kier alpha value is -5.09. The number of nitrogens with one attached hydrogen (secondary N) is 1. The lowest BCUT2D eigenvalue weighted by atomic mass is 10.2. The van der Waals surface area contributed by atoms with Crippen LogP contribution < -0.4 is 19.5 Å². The summed E-state index contributed by atoms with van der Waals surface area (Å²) in [6.07, 6.45) is 7.00. The Bertz CT molecular complexity index is 1500. The van der Waals surface area contributed by atoms with Crippen LogP contribution in [0.2, 0.25) is 5.02 Å². The number of benzene rings is 3. The zero-order valence-electron chi connectivity index (χ0n) is 26.0. The maximum atomic E-state index is 12.8. The zero-order valence-corrected chi connectivity index (χ0v) is 26.8. The average molecular weight is 664 g/mol. The van der Waals surface area contributed by atoms with E-state index in [1.54, 1.807) is 54.6 Å². The van der Waals surface area contributed by atoms with Crippen LogP contribution in [-0.4, -0.2) is 50.2 Å². The molecular formula is C36H38ClNO9. The van der Waals surface area contributed by atoms with Gasteiger partial charge in [0.1, 0.15) is 17.2 Å². The smallest absolute Gasteiger partial charge is 0.343 e. The predicted octanol–water partition coefficient (Wildman–Crippen LogP) is 7.37. The third-order valence-electron chi connectivity index (χ3n) is 6.54. The summed E-state index contributed by atoms with van der Waals surface area (Å²) in [6.45, 7) is 8.37. The number of hydrogen-bond donors (Lipinski definition) is 1. The monoisotopic (exact) mass is 663 g/mol. The minimum Gasteiger partial charge on any atom is -0.494 e. The molecule has 0 fully saturated rings. The second kappa shape index (κ2) is 20.1. The second-order valence-corrected chi connectivity index (χ2v) is 10.5. The van der Waals surface area contributed by atoms with E-state index in [-0.39, 0.29) is 16.7 Å². The van der Waals surface area contributed by atoms with E-state index < -0.39 is 17.9 Å². The Balaban J connectivity index is 1.38. The van der Waals surface area contributed by atoms with Crippen molar-refractivity contribution in [3.63, 3.8) is 0 Å². The predicted molar refractivity (Wildman–Crippen MR) is 178 cm³/mol. The fourth-order valence-corrected chi connectivity index (χ4v) is 4.23. The molecule has 3 rings (SSSR count). The van der Waals surface area contributed by atoms with Crippen LogP contribution in [0.25, 0.3) is 0 Å². The summed E-state index contributed by atoms with van der Waals surface area (Å²) in [5.41, 5.74) is 1.09. The molecule has 1 amide bonds. The number of ether oxygens (including phenoxy) is 5. The lowest BCUT2D eigenvalue weighted by Gasteiger charge is -2.11. The van der Waals surface area contributed by atoms with Crippen molar-refractivity contribution in [2.75, 3.05) is 31.7 Å². The van der Waals surface area contributed by atoms with Crippen LogP contribution >= 0.6 is 11.6 Å². The van der Waals surface area contributed by atoms with Gasteiger partial charge in [-0.2, -0.15) is 0 Å². The maximum Gasteiger partial charge on any atom is 0.343 e. The average Bonchev–Trinajstić information content (AvgIpc) is 3.08. The molecule has 0 aliphatic rings. The molecular weight excluding hydrogens is 626 g/mol. The second-order valence-electron chi connectivity index (χ2n) is 10.1. The van der Waals surface area contributed by atoms with Crippen molar-refractivity contribution < 1.29 is 42.9 Å². The van der Waals surface area contributed by atoms with Crippen LogP contribution in [0.5, 0.6) is 17.2 Å². The number of hydrogen-bond acceptors (Lipinski definition) is 9. The topological polar surface area (TPSA) is 126 Å². The van der Waals surface area contributed by atoms with Crippen LogP contribution in [-0.2, 0) is 19.1 Å². The van der Waals surface area contributed by atoms with Gasteiger partial charge in [0.15, 0.2) is 0 Å². The van der Waals surface area contributed by atoms with E-state index in [0.29, 0.717) is 54.7 Å². The van der Waals surface area contributed by atoms with Crippen LogP contribution in [0.15, 0.2) is 92.0 Å². The first-order valence-electron chi connectivity index (χ1n) is 15.2. The number of carbonyl (C=O) groups excluding carboxylic acids is 4. The Morgan fingerprint density at radius 2 is 1.09 bits per heavy atom. The van der Waals surface area contributed by atoms with E-state index in [1.807, 2.05) is 0 Å². The largest absolute Gasteiger partial charge is 0.494 e. The van der Waals surface area contributed by atoms with Crippen molar-refractivity contribution in [3.05, 3.63) is 108 Å². The molecule has 11 heteroatoms. The molecule has 3 aromatic rings. The van der Waals surface area contributed by atoms with Gasteiger partial charge in [0.05, 0.1) is 42.7 Å². The van der Waals surface area contributed by atoms with Crippen LogP contribution in [0, 0.1) is 0 Å². The van der Waals surface area contributed by atoms with Crippen molar-refractivity contribution in [3.8, 4) is 17.2 Å². The van der Waals surface area contributed by atoms with E-state index in [9.17, 15) is 19.2 Å². The number of anilines is 1. The van der Waals surface area contributed by atoms with Gasteiger partial charge >= 0.3 is 17.9 Å². The molecule has 0 radical (unpaired) electrons. The molecule has 1 N–H and O–H groups in total. The molecule has 0 aromatic heterocycles. The van der Waals surface area contributed by atoms with Gasteiger partial charge in [-0.15, -0.1) is 0 Å². The summed E-state index contributed by atoms with van der Waals surface area (Å²) in [5.74, 6) is -0.337. The molecule has 0 saturated heterocycles. The number of carbonyl (C=O) groups is 4. The number of esters is 3. The molecule has 0 aliphatic heterocycles. The normalized spacial score (nSPS) is 10.3. The summed E-state index contributed by atoms with van der Waals surface area (Å²) < 4.78 is 26.7. The maximum absolute atomic E-state index is 12.8.